The molecule has 0 heterocycles. The third-order valence-corrected chi connectivity index (χ3v) is 3.88. The van der Waals surface area contributed by atoms with Crippen molar-refractivity contribution in [2.75, 3.05) is 24.3 Å². The van der Waals surface area contributed by atoms with Crippen molar-refractivity contribution in [3.05, 3.63) is 52.5 Å². The van der Waals surface area contributed by atoms with E-state index in [0.717, 1.165) is 22.5 Å². The number of ether oxygens (including phenoxy) is 1. The summed E-state index contributed by atoms with van der Waals surface area (Å²) in [6, 6.07) is 14.1. The van der Waals surface area contributed by atoms with Crippen LogP contribution in [0.2, 0.25) is 0 Å². The van der Waals surface area contributed by atoms with Crippen molar-refractivity contribution in [3.8, 4) is 5.75 Å². The summed E-state index contributed by atoms with van der Waals surface area (Å²) in [7, 11) is 2.06. The number of nitrogens with zero attached hydrogens (tertiary/aromatic N) is 1. The molecule has 106 valence electrons. The van der Waals surface area contributed by atoms with Crippen LogP contribution in [-0.2, 0) is 6.54 Å². The Morgan fingerprint density at radius 3 is 2.65 bits per heavy atom. The van der Waals surface area contributed by atoms with E-state index in [2.05, 4.69) is 40.0 Å². The van der Waals surface area contributed by atoms with Crippen LogP contribution in [0.15, 0.2) is 46.9 Å². The Balaban J connectivity index is 2.19. The van der Waals surface area contributed by atoms with Crippen LogP contribution in [0.5, 0.6) is 5.75 Å². The van der Waals surface area contributed by atoms with E-state index in [1.165, 1.54) is 5.56 Å². The highest BCUT2D eigenvalue weighted by Gasteiger charge is 2.08. The molecule has 0 saturated heterocycles. The van der Waals surface area contributed by atoms with E-state index >= 15 is 0 Å². The Morgan fingerprint density at radius 1 is 1.20 bits per heavy atom. The maximum Gasteiger partial charge on any atom is 0.144 e. The minimum atomic E-state index is 0.613. The smallest absolute Gasteiger partial charge is 0.144 e. The number of hydrogen-bond acceptors (Lipinski definition) is 3. The zero-order valence-corrected chi connectivity index (χ0v) is 13.4. The molecule has 0 amide bonds. The first-order chi connectivity index (χ1) is 9.61. The SMILES string of the molecule is CCOc1cc(N(C)Cc2ccccc2Br)ccc1N. The van der Waals surface area contributed by atoms with Gasteiger partial charge < -0.3 is 15.4 Å². The number of benzene rings is 2. The summed E-state index contributed by atoms with van der Waals surface area (Å²) >= 11 is 3.58. The minimum Gasteiger partial charge on any atom is -0.492 e. The summed E-state index contributed by atoms with van der Waals surface area (Å²) in [5, 5.41) is 0. The van der Waals surface area contributed by atoms with Gasteiger partial charge in [-0.3, -0.25) is 0 Å². The molecule has 2 aromatic rings. The Bertz CT molecular complexity index is 586. The molecule has 3 nitrogen and oxygen atoms in total. The number of nitrogens with two attached hydrogens (primary N) is 1. The van der Waals surface area contributed by atoms with E-state index in [0.29, 0.717) is 12.3 Å². The summed E-state index contributed by atoms with van der Waals surface area (Å²) in [5.74, 6) is 0.740. The summed E-state index contributed by atoms with van der Waals surface area (Å²) < 4.78 is 6.66. The van der Waals surface area contributed by atoms with Crippen molar-refractivity contribution in [3.63, 3.8) is 0 Å². The lowest BCUT2D eigenvalue weighted by Crippen LogP contribution is -2.16. The van der Waals surface area contributed by atoms with E-state index in [1.807, 2.05) is 37.3 Å². The average molecular weight is 335 g/mol. The van der Waals surface area contributed by atoms with Crippen LogP contribution in [-0.4, -0.2) is 13.7 Å². The zero-order valence-electron chi connectivity index (χ0n) is 11.8. The van der Waals surface area contributed by atoms with Gasteiger partial charge in [0.2, 0.25) is 0 Å². The fourth-order valence-electron chi connectivity index (χ4n) is 2.01. The van der Waals surface area contributed by atoms with E-state index in [1.54, 1.807) is 0 Å². The maximum absolute atomic E-state index is 5.90. The number of anilines is 2. The lowest BCUT2D eigenvalue weighted by Gasteiger charge is -2.21. The second-order valence-electron chi connectivity index (χ2n) is 4.60. The normalized spacial score (nSPS) is 10.3. The molecule has 0 radical (unpaired) electrons. The monoisotopic (exact) mass is 334 g/mol. The fraction of sp³-hybridized carbons (Fsp3) is 0.250. The van der Waals surface area contributed by atoms with Crippen molar-refractivity contribution in [2.24, 2.45) is 0 Å². The number of nitrogen functional groups attached to an aromatic ring is 1. The Labute approximate surface area is 128 Å². The highest BCUT2D eigenvalue weighted by molar-refractivity contribution is 9.10. The third-order valence-electron chi connectivity index (χ3n) is 3.10. The highest BCUT2D eigenvalue weighted by Crippen LogP contribution is 2.28. The summed E-state index contributed by atoms with van der Waals surface area (Å²) in [6.07, 6.45) is 0. The lowest BCUT2D eigenvalue weighted by molar-refractivity contribution is 0.342. The standard InChI is InChI=1S/C16H19BrN2O/c1-3-20-16-10-13(8-9-15(16)18)19(2)11-12-6-4-5-7-14(12)17/h4-10H,3,11,18H2,1-2H3. The van der Waals surface area contributed by atoms with Gasteiger partial charge >= 0.3 is 0 Å². The molecule has 0 spiro atoms. The van der Waals surface area contributed by atoms with Gasteiger partial charge in [-0.2, -0.15) is 0 Å². The Morgan fingerprint density at radius 2 is 1.95 bits per heavy atom. The molecule has 4 heteroatoms. The van der Waals surface area contributed by atoms with Crippen LogP contribution in [0.3, 0.4) is 0 Å². The molecule has 0 aromatic heterocycles. The minimum absolute atomic E-state index is 0.613. The molecular formula is C16H19BrN2O. The molecule has 0 aliphatic rings. The van der Waals surface area contributed by atoms with E-state index < -0.39 is 0 Å². The predicted octanol–water partition coefficient (Wildman–Crippen LogP) is 4.07. The van der Waals surface area contributed by atoms with Gasteiger partial charge in [-0.05, 0) is 30.7 Å². The van der Waals surface area contributed by atoms with Crippen molar-refractivity contribution < 1.29 is 4.74 Å². The quantitative estimate of drug-likeness (QED) is 0.837. The van der Waals surface area contributed by atoms with Gasteiger partial charge in [0, 0.05) is 29.8 Å². The van der Waals surface area contributed by atoms with Crippen molar-refractivity contribution >= 4 is 27.3 Å². The molecule has 0 fully saturated rings. The maximum atomic E-state index is 5.90. The Hall–Kier alpha value is -1.68. The van der Waals surface area contributed by atoms with Gasteiger partial charge in [-0.15, -0.1) is 0 Å². The predicted molar refractivity (Wildman–Crippen MR) is 88.3 cm³/mol. The fourth-order valence-corrected chi connectivity index (χ4v) is 2.42. The second kappa shape index (κ2) is 6.66. The van der Waals surface area contributed by atoms with Crippen molar-refractivity contribution in [2.45, 2.75) is 13.5 Å². The Kier molecular flexibility index (Phi) is 4.90. The highest BCUT2D eigenvalue weighted by atomic mass is 79.9. The van der Waals surface area contributed by atoms with E-state index in [4.69, 9.17) is 10.5 Å². The first-order valence-electron chi connectivity index (χ1n) is 6.58. The third kappa shape index (κ3) is 3.45. The molecule has 0 saturated carbocycles. The number of hydrogen-bond donors (Lipinski definition) is 1. The topological polar surface area (TPSA) is 38.5 Å². The van der Waals surface area contributed by atoms with E-state index in [-0.39, 0.29) is 0 Å². The molecule has 0 atom stereocenters. The molecule has 2 aromatic carbocycles. The van der Waals surface area contributed by atoms with Crippen LogP contribution in [0.4, 0.5) is 11.4 Å². The molecule has 0 bridgehead atoms. The molecule has 2 rings (SSSR count). The van der Waals surface area contributed by atoms with Crippen LogP contribution < -0.4 is 15.4 Å². The van der Waals surface area contributed by atoms with Crippen LogP contribution in [0.1, 0.15) is 12.5 Å². The van der Waals surface area contributed by atoms with Crippen LogP contribution >= 0.6 is 15.9 Å². The zero-order chi connectivity index (χ0) is 14.5. The van der Waals surface area contributed by atoms with Crippen LogP contribution in [0, 0.1) is 0 Å². The molecule has 0 aliphatic carbocycles. The largest absolute Gasteiger partial charge is 0.492 e. The number of halogens is 1. The molecule has 2 N–H and O–H groups in total. The van der Waals surface area contributed by atoms with Crippen LogP contribution in [0.25, 0.3) is 0 Å². The van der Waals surface area contributed by atoms with Gasteiger partial charge in [0.15, 0.2) is 0 Å². The second-order valence-corrected chi connectivity index (χ2v) is 5.46. The van der Waals surface area contributed by atoms with Crippen molar-refractivity contribution in [1.29, 1.82) is 0 Å². The molecule has 0 unspecified atom stereocenters. The molecule has 0 aliphatic heterocycles. The van der Waals surface area contributed by atoms with Gasteiger partial charge in [-0.25, -0.2) is 0 Å². The van der Waals surface area contributed by atoms with Gasteiger partial charge in [0.1, 0.15) is 5.75 Å². The number of rotatable bonds is 5. The first kappa shape index (κ1) is 14.7. The molecule has 20 heavy (non-hydrogen) atoms. The summed E-state index contributed by atoms with van der Waals surface area (Å²) in [4.78, 5) is 2.17. The summed E-state index contributed by atoms with van der Waals surface area (Å²) in [5.41, 5.74) is 8.89. The summed E-state index contributed by atoms with van der Waals surface area (Å²) in [6.45, 7) is 3.38. The van der Waals surface area contributed by atoms with Crippen molar-refractivity contribution in [1.82, 2.24) is 0 Å². The molecular weight excluding hydrogens is 316 g/mol. The first-order valence-corrected chi connectivity index (χ1v) is 7.38. The van der Waals surface area contributed by atoms with Gasteiger partial charge in [0.05, 0.1) is 12.3 Å². The van der Waals surface area contributed by atoms with E-state index in [9.17, 15) is 0 Å². The van der Waals surface area contributed by atoms with Gasteiger partial charge in [-0.1, -0.05) is 34.1 Å². The average Bonchev–Trinajstić information content (AvgIpc) is 2.44. The lowest BCUT2D eigenvalue weighted by atomic mass is 10.2. The van der Waals surface area contributed by atoms with Gasteiger partial charge in [0.25, 0.3) is 0 Å².